The third-order valence-corrected chi connectivity index (χ3v) is 2.20. The van der Waals surface area contributed by atoms with Gasteiger partial charge in [0.25, 0.3) is 0 Å². The zero-order valence-electron chi connectivity index (χ0n) is 7.91. The Labute approximate surface area is 87.3 Å². The summed E-state index contributed by atoms with van der Waals surface area (Å²) in [4.78, 5) is 10.4. The van der Waals surface area contributed by atoms with Crippen molar-refractivity contribution in [3.05, 3.63) is 28.8 Å². The molecular formula is C10H10ClO3-. The van der Waals surface area contributed by atoms with Crippen molar-refractivity contribution in [3.63, 3.8) is 0 Å². The van der Waals surface area contributed by atoms with Gasteiger partial charge in [0.15, 0.2) is 0 Å². The van der Waals surface area contributed by atoms with E-state index in [4.69, 9.17) is 16.3 Å². The molecule has 0 saturated heterocycles. The van der Waals surface area contributed by atoms with E-state index in [1.165, 1.54) is 6.92 Å². The number of carbonyl (C=O) groups is 1. The number of carboxylic acid groups (broad SMARTS) is 1. The van der Waals surface area contributed by atoms with E-state index in [9.17, 15) is 9.90 Å². The predicted molar refractivity (Wildman–Crippen MR) is 51.3 cm³/mol. The Hall–Kier alpha value is -1.22. The number of rotatable bonds is 3. The lowest BCUT2D eigenvalue weighted by atomic mass is 10.2. The number of carboxylic acids is 1. The molecule has 0 spiro atoms. The van der Waals surface area contributed by atoms with Crippen LogP contribution in [0.1, 0.15) is 12.5 Å². The van der Waals surface area contributed by atoms with E-state index in [2.05, 4.69) is 0 Å². The number of aliphatic carboxylic acids is 1. The van der Waals surface area contributed by atoms with Gasteiger partial charge < -0.3 is 14.6 Å². The molecule has 1 aromatic carbocycles. The average Bonchev–Trinajstić information content (AvgIpc) is 2.11. The summed E-state index contributed by atoms with van der Waals surface area (Å²) in [5.41, 5.74) is 0.842. The van der Waals surface area contributed by atoms with Gasteiger partial charge in [0.05, 0.1) is 5.97 Å². The van der Waals surface area contributed by atoms with Gasteiger partial charge in [0.1, 0.15) is 11.9 Å². The number of ether oxygens (including phenoxy) is 1. The van der Waals surface area contributed by atoms with Crippen molar-refractivity contribution in [2.75, 3.05) is 0 Å². The van der Waals surface area contributed by atoms with Crippen LogP contribution in [0.15, 0.2) is 18.2 Å². The largest absolute Gasteiger partial charge is 0.546 e. The molecule has 0 radical (unpaired) electrons. The summed E-state index contributed by atoms with van der Waals surface area (Å²) in [6.45, 7) is 3.23. The number of hydrogen-bond acceptors (Lipinski definition) is 3. The second-order valence-electron chi connectivity index (χ2n) is 2.99. The number of benzene rings is 1. The van der Waals surface area contributed by atoms with Crippen LogP contribution in [0.5, 0.6) is 5.75 Å². The summed E-state index contributed by atoms with van der Waals surface area (Å²) in [6, 6.07) is 4.96. The normalized spacial score (nSPS) is 12.2. The van der Waals surface area contributed by atoms with E-state index < -0.39 is 12.1 Å². The molecule has 0 amide bonds. The molecule has 1 rings (SSSR count). The van der Waals surface area contributed by atoms with Gasteiger partial charge in [-0.3, -0.25) is 0 Å². The molecule has 4 heteroatoms. The van der Waals surface area contributed by atoms with Crippen LogP contribution in [0.2, 0.25) is 5.02 Å². The first-order chi connectivity index (χ1) is 6.50. The molecular weight excluding hydrogens is 204 g/mol. The van der Waals surface area contributed by atoms with Gasteiger partial charge in [-0.1, -0.05) is 11.6 Å². The molecule has 0 N–H and O–H groups in total. The lowest BCUT2D eigenvalue weighted by molar-refractivity contribution is -0.312. The van der Waals surface area contributed by atoms with Gasteiger partial charge >= 0.3 is 0 Å². The average molecular weight is 214 g/mol. The molecule has 0 aliphatic carbocycles. The van der Waals surface area contributed by atoms with Crippen molar-refractivity contribution in [1.29, 1.82) is 0 Å². The van der Waals surface area contributed by atoms with E-state index in [1.807, 2.05) is 6.92 Å². The number of hydrogen-bond donors (Lipinski definition) is 0. The van der Waals surface area contributed by atoms with Gasteiger partial charge in [0, 0.05) is 5.02 Å². The van der Waals surface area contributed by atoms with Crippen LogP contribution in [0, 0.1) is 6.92 Å². The molecule has 0 aliphatic heterocycles. The van der Waals surface area contributed by atoms with Crippen LogP contribution in [0.4, 0.5) is 0 Å². The standard InChI is InChI=1S/C10H11ClO3/c1-6-5-8(3-4-9(6)11)14-7(2)10(12)13/h3-5,7H,1-2H3,(H,12,13)/p-1/t7-/m1/s1. The van der Waals surface area contributed by atoms with E-state index in [1.54, 1.807) is 18.2 Å². The molecule has 14 heavy (non-hydrogen) atoms. The van der Waals surface area contributed by atoms with Crippen molar-refractivity contribution in [2.45, 2.75) is 20.0 Å². The van der Waals surface area contributed by atoms with Gasteiger partial charge in [0.2, 0.25) is 0 Å². The second-order valence-corrected chi connectivity index (χ2v) is 3.40. The van der Waals surface area contributed by atoms with E-state index in [0.29, 0.717) is 10.8 Å². The van der Waals surface area contributed by atoms with Crippen molar-refractivity contribution >= 4 is 17.6 Å². The summed E-state index contributed by atoms with van der Waals surface area (Å²) in [7, 11) is 0. The van der Waals surface area contributed by atoms with Crippen molar-refractivity contribution in [3.8, 4) is 5.75 Å². The Morgan fingerprint density at radius 2 is 2.21 bits per heavy atom. The van der Waals surface area contributed by atoms with Crippen molar-refractivity contribution < 1.29 is 14.6 Å². The first-order valence-corrected chi connectivity index (χ1v) is 4.52. The molecule has 3 nitrogen and oxygen atoms in total. The molecule has 1 atom stereocenters. The van der Waals surface area contributed by atoms with Gasteiger partial charge in [-0.05, 0) is 37.6 Å². The molecule has 0 bridgehead atoms. The van der Waals surface area contributed by atoms with Crippen LogP contribution in [-0.2, 0) is 4.79 Å². The van der Waals surface area contributed by atoms with Crippen LogP contribution in [-0.4, -0.2) is 12.1 Å². The topological polar surface area (TPSA) is 49.4 Å². The molecule has 76 valence electrons. The minimum Gasteiger partial charge on any atom is -0.546 e. The highest BCUT2D eigenvalue weighted by molar-refractivity contribution is 6.31. The number of carbonyl (C=O) groups excluding carboxylic acids is 1. The molecule has 0 unspecified atom stereocenters. The van der Waals surface area contributed by atoms with E-state index >= 15 is 0 Å². The van der Waals surface area contributed by atoms with Crippen LogP contribution in [0.25, 0.3) is 0 Å². The highest BCUT2D eigenvalue weighted by Gasteiger charge is 2.05. The second kappa shape index (κ2) is 4.33. The Morgan fingerprint density at radius 1 is 1.57 bits per heavy atom. The fraction of sp³-hybridized carbons (Fsp3) is 0.300. The zero-order valence-corrected chi connectivity index (χ0v) is 8.67. The van der Waals surface area contributed by atoms with Gasteiger partial charge in [-0.25, -0.2) is 0 Å². The lowest BCUT2D eigenvalue weighted by Gasteiger charge is -2.15. The van der Waals surface area contributed by atoms with Crippen LogP contribution in [0.3, 0.4) is 0 Å². The van der Waals surface area contributed by atoms with Crippen molar-refractivity contribution in [2.24, 2.45) is 0 Å². The third-order valence-electron chi connectivity index (χ3n) is 1.77. The third kappa shape index (κ3) is 2.64. The van der Waals surface area contributed by atoms with Crippen LogP contribution < -0.4 is 9.84 Å². The number of aryl methyl sites for hydroxylation is 1. The van der Waals surface area contributed by atoms with Gasteiger partial charge in [-0.2, -0.15) is 0 Å². The minimum absolute atomic E-state index is 0.476. The summed E-state index contributed by atoms with van der Waals surface area (Å²) in [6.07, 6.45) is -0.962. The molecule has 0 saturated carbocycles. The maximum Gasteiger partial charge on any atom is 0.135 e. The summed E-state index contributed by atoms with van der Waals surface area (Å²) in [5.74, 6) is -0.763. The predicted octanol–water partition coefficient (Wildman–Crippen LogP) is 1.17. The Bertz CT molecular complexity index is 349. The maximum absolute atomic E-state index is 10.4. The Balaban J connectivity index is 2.78. The first-order valence-electron chi connectivity index (χ1n) is 4.14. The smallest absolute Gasteiger partial charge is 0.135 e. The van der Waals surface area contributed by atoms with Gasteiger partial charge in [-0.15, -0.1) is 0 Å². The monoisotopic (exact) mass is 213 g/mol. The minimum atomic E-state index is -1.24. The molecule has 0 aliphatic rings. The highest BCUT2D eigenvalue weighted by Crippen LogP contribution is 2.21. The lowest BCUT2D eigenvalue weighted by Crippen LogP contribution is -2.37. The number of halogens is 1. The zero-order chi connectivity index (χ0) is 10.7. The molecule has 0 heterocycles. The van der Waals surface area contributed by atoms with E-state index in [0.717, 1.165) is 5.56 Å². The van der Waals surface area contributed by atoms with E-state index in [-0.39, 0.29) is 0 Å². The Morgan fingerprint density at radius 3 is 2.71 bits per heavy atom. The SMILES string of the molecule is Cc1cc(O[C@H](C)C(=O)[O-])ccc1Cl. The summed E-state index contributed by atoms with van der Waals surface area (Å²) < 4.78 is 5.09. The fourth-order valence-electron chi connectivity index (χ4n) is 0.943. The fourth-order valence-corrected chi connectivity index (χ4v) is 1.06. The summed E-state index contributed by atoms with van der Waals surface area (Å²) in [5, 5.41) is 11.0. The maximum atomic E-state index is 10.4. The summed E-state index contributed by atoms with van der Waals surface area (Å²) >= 11 is 5.80. The van der Waals surface area contributed by atoms with Crippen LogP contribution >= 0.6 is 11.6 Å². The Kier molecular flexibility index (Phi) is 3.36. The quantitative estimate of drug-likeness (QED) is 0.757. The molecule has 0 aromatic heterocycles. The molecule has 0 fully saturated rings. The molecule has 1 aromatic rings. The highest BCUT2D eigenvalue weighted by atomic mass is 35.5. The first kappa shape index (κ1) is 10.9. The van der Waals surface area contributed by atoms with Crippen molar-refractivity contribution in [1.82, 2.24) is 0 Å².